The van der Waals surface area contributed by atoms with E-state index in [9.17, 15) is 4.79 Å². The first-order valence-corrected chi connectivity index (χ1v) is 13.2. The molecule has 0 saturated carbocycles. The number of aryl methyl sites for hydroxylation is 3. The molecule has 4 rings (SSSR count). The molecule has 1 atom stereocenters. The van der Waals surface area contributed by atoms with Crippen LogP contribution in [0.2, 0.25) is 0 Å². The smallest absolute Gasteiger partial charge is 0.239 e. The summed E-state index contributed by atoms with van der Waals surface area (Å²) in [5, 5.41) is 12.8. The standard InChI is InChI=1S/C24H25N5OS3/c1-15-10-12-20(13-11-15)31-14-21-27-28-24(29(21)19-8-6-5-7-9-19)33-18(4)22(30)26-23-25-16(2)17(3)32-23/h5-13,18H,14H2,1-4H3,(H,25,26,30). The molecular formula is C24H25N5OS3. The number of nitrogens with zero attached hydrogens (tertiary/aromatic N) is 4. The van der Waals surface area contributed by atoms with Gasteiger partial charge in [0, 0.05) is 15.5 Å². The van der Waals surface area contributed by atoms with Gasteiger partial charge in [-0.25, -0.2) is 4.98 Å². The first-order chi connectivity index (χ1) is 15.9. The molecule has 0 aliphatic rings. The lowest BCUT2D eigenvalue weighted by Crippen LogP contribution is -2.22. The van der Waals surface area contributed by atoms with Crippen molar-refractivity contribution in [3.05, 3.63) is 76.6 Å². The number of nitrogens with one attached hydrogen (secondary N) is 1. The van der Waals surface area contributed by atoms with Gasteiger partial charge in [-0.15, -0.1) is 33.3 Å². The summed E-state index contributed by atoms with van der Waals surface area (Å²) in [6, 6.07) is 18.5. The van der Waals surface area contributed by atoms with Gasteiger partial charge in [-0.1, -0.05) is 47.7 Å². The minimum absolute atomic E-state index is 0.105. The van der Waals surface area contributed by atoms with Gasteiger partial charge in [-0.3, -0.25) is 9.36 Å². The van der Waals surface area contributed by atoms with E-state index >= 15 is 0 Å². The zero-order valence-electron chi connectivity index (χ0n) is 18.9. The van der Waals surface area contributed by atoms with Gasteiger partial charge in [-0.05, 0) is 52.0 Å². The van der Waals surface area contributed by atoms with Crippen molar-refractivity contribution >= 4 is 45.9 Å². The Bertz CT molecular complexity index is 1220. The topological polar surface area (TPSA) is 72.7 Å². The molecule has 2 aromatic heterocycles. The molecule has 170 valence electrons. The Morgan fingerprint density at radius 1 is 1.06 bits per heavy atom. The van der Waals surface area contributed by atoms with Gasteiger partial charge in [0.1, 0.15) is 5.82 Å². The molecule has 0 fully saturated rings. The van der Waals surface area contributed by atoms with E-state index in [0.717, 1.165) is 22.1 Å². The first kappa shape index (κ1) is 23.5. The van der Waals surface area contributed by atoms with Crippen molar-refractivity contribution in [3.8, 4) is 5.69 Å². The normalized spacial score (nSPS) is 12.0. The number of hydrogen-bond donors (Lipinski definition) is 1. The molecule has 1 amide bonds. The largest absolute Gasteiger partial charge is 0.301 e. The maximum atomic E-state index is 12.8. The average Bonchev–Trinajstić information content (AvgIpc) is 3.35. The number of thioether (sulfide) groups is 2. The summed E-state index contributed by atoms with van der Waals surface area (Å²) in [6.45, 7) is 7.90. The molecule has 0 radical (unpaired) electrons. The highest BCUT2D eigenvalue weighted by Gasteiger charge is 2.22. The molecule has 2 aromatic carbocycles. The molecule has 0 saturated heterocycles. The second-order valence-corrected chi connectivity index (χ2v) is 11.1. The van der Waals surface area contributed by atoms with Crippen LogP contribution in [0.15, 0.2) is 64.6 Å². The summed E-state index contributed by atoms with van der Waals surface area (Å²) >= 11 is 4.60. The van der Waals surface area contributed by atoms with Crippen LogP contribution in [0.5, 0.6) is 0 Å². The van der Waals surface area contributed by atoms with Crippen molar-refractivity contribution in [2.75, 3.05) is 5.32 Å². The monoisotopic (exact) mass is 495 g/mol. The van der Waals surface area contributed by atoms with E-state index in [0.29, 0.717) is 16.0 Å². The average molecular weight is 496 g/mol. The number of para-hydroxylation sites is 1. The van der Waals surface area contributed by atoms with E-state index in [4.69, 9.17) is 0 Å². The highest BCUT2D eigenvalue weighted by atomic mass is 32.2. The molecule has 0 spiro atoms. The van der Waals surface area contributed by atoms with Gasteiger partial charge in [-0.2, -0.15) is 0 Å². The number of carbonyl (C=O) groups is 1. The third-order valence-corrected chi connectivity index (χ3v) is 8.05. The van der Waals surface area contributed by atoms with Crippen molar-refractivity contribution < 1.29 is 4.79 Å². The van der Waals surface area contributed by atoms with Crippen LogP contribution in [0.3, 0.4) is 0 Å². The van der Waals surface area contributed by atoms with E-state index in [-0.39, 0.29) is 11.2 Å². The Morgan fingerprint density at radius 2 is 1.79 bits per heavy atom. The number of amides is 1. The van der Waals surface area contributed by atoms with Crippen molar-refractivity contribution in [3.63, 3.8) is 0 Å². The third-order valence-electron chi connectivity index (χ3n) is 5.01. The maximum absolute atomic E-state index is 12.8. The molecule has 1 N–H and O–H groups in total. The highest BCUT2D eigenvalue weighted by molar-refractivity contribution is 8.00. The van der Waals surface area contributed by atoms with E-state index < -0.39 is 0 Å². The molecule has 1 unspecified atom stereocenters. The predicted octanol–water partition coefficient (Wildman–Crippen LogP) is 6.06. The lowest BCUT2D eigenvalue weighted by molar-refractivity contribution is -0.115. The van der Waals surface area contributed by atoms with Crippen LogP contribution in [0.1, 0.15) is 28.9 Å². The van der Waals surface area contributed by atoms with Crippen LogP contribution >= 0.6 is 34.9 Å². The summed E-state index contributed by atoms with van der Waals surface area (Å²) in [5.41, 5.74) is 3.15. The van der Waals surface area contributed by atoms with Crippen molar-refractivity contribution in [1.82, 2.24) is 19.7 Å². The molecule has 4 aromatic rings. The van der Waals surface area contributed by atoms with E-state index in [2.05, 4.69) is 51.7 Å². The Kier molecular flexibility index (Phi) is 7.52. The van der Waals surface area contributed by atoms with Crippen LogP contribution in [0.4, 0.5) is 5.13 Å². The maximum Gasteiger partial charge on any atom is 0.239 e. The van der Waals surface area contributed by atoms with E-state index in [1.807, 2.05) is 55.7 Å². The van der Waals surface area contributed by atoms with Gasteiger partial charge >= 0.3 is 0 Å². The molecular weight excluding hydrogens is 470 g/mol. The summed E-state index contributed by atoms with van der Waals surface area (Å²) in [7, 11) is 0. The van der Waals surface area contributed by atoms with Crippen LogP contribution in [-0.2, 0) is 10.5 Å². The molecule has 2 heterocycles. The first-order valence-electron chi connectivity index (χ1n) is 10.5. The molecule has 0 aliphatic heterocycles. The minimum Gasteiger partial charge on any atom is -0.301 e. The molecule has 0 aliphatic carbocycles. The van der Waals surface area contributed by atoms with Crippen LogP contribution < -0.4 is 5.32 Å². The molecule has 6 nitrogen and oxygen atoms in total. The fourth-order valence-electron chi connectivity index (χ4n) is 3.03. The Balaban J connectivity index is 1.53. The molecule has 33 heavy (non-hydrogen) atoms. The minimum atomic E-state index is -0.362. The molecule has 9 heteroatoms. The fourth-order valence-corrected chi connectivity index (χ4v) is 5.55. The summed E-state index contributed by atoms with van der Waals surface area (Å²) in [6.07, 6.45) is 0. The Hall–Kier alpha value is -2.62. The second-order valence-electron chi connectivity index (χ2n) is 7.58. The number of hydrogen-bond acceptors (Lipinski definition) is 7. The number of benzene rings is 2. The fraction of sp³-hybridized carbons (Fsp3) is 0.250. The SMILES string of the molecule is Cc1ccc(SCc2nnc(SC(C)C(=O)Nc3nc(C)c(C)s3)n2-c2ccccc2)cc1. The summed E-state index contributed by atoms with van der Waals surface area (Å²) in [4.78, 5) is 19.5. The Morgan fingerprint density at radius 3 is 2.45 bits per heavy atom. The zero-order valence-corrected chi connectivity index (χ0v) is 21.4. The van der Waals surface area contributed by atoms with Crippen LogP contribution in [0.25, 0.3) is 5.69 Å². The summed E-state index contributed by atoms with van der Waals surface area (Å²) < 4.78 is 2.04. The quantitative estimate of drug-likeness (QED) is 0.300. The number of rotatable bonds is 8. The summed E-state index contributed by atoms with van der Waals surface area (Å²) in [5.74, 6) is 1.41. The van der Waals surface area contributed by atoms with Gasteiger partial charge in [0.25, 0.3) is 0 Å². The predicted molar refractivity (Wildman–Crippen MR) is 138 cm³/mol. The van der Waals surface area contributed by atoms with Crippen molar-refractivity contribution in [2.45, 2.75) is 48.7 Å². The number of aromatic nitrogens is 4. The van der Waals surface area contributed by atoms with Gasteiger partial charge < -0.3 is 5.32 Å². The number of carbonyl (C=O) groups excluding carboxylic acids is 1. The third kappa shape index (κ3) is 5.85. The second kappa shape index (κ2) is 10.5. The van der Waals surface area contributed by atoms with Gasteiger partial charge in [0.2, 0.25) is 5.91 Å². The Labute approximate surface area is 206 Å². The van der Waals surface area contributed by atoms with Gasteiger partial charge in [0.05, 0.1) is 16.7 Å². The lowest BCUT2D eigenvalue weighted by Gasteiger charge is -2.13. The van der Waals surface area contributed by atoms with Crippen LogP contribution in [0, 0.1) is 20.8 Å². The van der Waals surface area contributed by atoms with Gasteiger partial charge in [0.15, 0.2) is 10.3 Å². The van der Waals surface area contributed by atoms with Crippen molar-refractivity contribution in [1.29, 1.82) is 0 Å². The van der Waals surface area contributed by atoms with E-state index in [1.54, 1.807) is 11.8 Å². The van der Waals surface area contributed by atoms with Crippen LogP contribution in [-0.4, -0.2) is 30.9 Å². The molecule has 0 bridgehead atoms. The lowest BCUT2D eigenvalue weighted by atomic mass is 10.2. The number of anilines is 1. The highest BCUT2D eigenvalue weighted by Crippen LogP contribution is 2.30. The zero-order chi connectivity index (χ0) is 23.4. The van der Waals surface area contributed by atoms with Crippen molar-refractivity contribution in [2.24, 2.45) is 0 Å². The van der Waals surface area contributed by atoms with E-state index in [1.165, 1.54) is 33.6 Å². The number of thiazole rings is 1.